The Bertz CT molecular complexity index is 811. The fraction of sp³-hybridized carbons (Fsp3) is 0.118. The van der Waals surface area contributed by atoms with Gasteiger partial charge in [-0.3, -0.25) is 0 Å². The summed E-state index contributed by atoms with van der Waals surface area (Å²) in [6.07, 6.45) is 0. The number of ether oxygens (including phenoxy) is 1. The largest absolute Gasteiger partial charge is 0.406 e. The van der Waals surface area contributed by atoms with Gasteiger partial charge < -0.3 is 4.74 Å². The molecule has 0 spiro atoms. The highest BCUT2D eigenvalue weighted by Gasteiger charge is 2.24. The third kappa shape index (κ3) is 3.78. The van der Waals surface area contributed by atoms with E-state index in [2.05, 4.69) is 6.58 Å². The minimum absolute atomic E-state index is 0.0995. The molecule has 120 valence electrons. The first kappa shape index (κ1) is 16.8. The molecular weight excluding hydrogens is 314 g/mol. The van der Waals surface area contributed by atoms with Crippen LogP contribution < -0.4 is 0 Å². The molecule has 0 saturated heterocycles. The van der Waals surface area contributed by atoms with Gasteiger partial charge >= 0.3 is 5.97 Å². The normalized spacial score (nSPS) is 10.9. The molecule has 0 aliphatic carbocycles. The lowest BCUT2D eigenvalue weighted by Crippen LogP contribution is -2.28. The summed E-state index contributed by atoms with van der Waals surface area (Å²) in [6.45, 7) is 5.39. The predicted octanol–water partition coefficient (Wildman–Crippen LogP) is 2.94. The molecule has 0 aliphatic rings. The highest BCUT2D eigenvalue weighted by molar-refractivity contribution is 7.89. The summed E-state index contributed by atoms with van der Waals surface area (Å²) in [6, 6.07) is 14.7. The number of carbonyl (C=O) groups excluding carboxylic acids is 1. The van der Waals surface area contributed by atoms with Gasteiger partial charge in [-0.2, -0.15) is 0 Å². The smallest absolute Gasteiger partial charge is 0.344 e. The Morgan fingerprint density at radius 3 is 2.17 bits per heavy atom. The highest BCUT2D eigenvalue weighted by Crippen LogP contribution is 2.19. The average Bonchev–Trinajstić information content (AvgIpc) is 2.55. The first-order chi connectivity index (χ1) is 10.8. The lowest BCUT2D eigenvalue weighted by molar-refractivity contribution is 0.0571. The van der Waals surface area contributed by atoms with Gasteiger partial charge in [0.2, 0.25) is 5.88 Å². The summed E-state index contributed by atoms with van der Waals surface area (Å²) in [4.78, 5) is 12.1. The van der Waals surface area contributed by atoms with Gasteiger partial charge in [0.15, 0.2) is 0 Å². The summed E-state index contributed by atoms with van der Waals surface area (Å²) >= 11 is 0. The van der Waals surface area contributed by atoms with Crippen molar-refractivity contribution in [2.24, 2.45) is 0 Å². The Balaban J connectivity index is 2.16. The third-order valence-corrected chi connectivity index (χ3v) is 5.04. The van der Waals surface area contributed by atoms with Crippen LogP contribution in [0.5, 0.6) is 0 Å². The van der Waals surface area contributed by atoms with Gasteiger partial charge in [-0.15, -0.1) is 0 Å². The number of hydrogen-bond donors (Lipinski definition) is 0. The molecule has 0 atom stereocenters. The first-order valence-corrected chi connectivity index (χ1v) is 8.28. The number of sulfonamides is 1. The van der Waals surface area contributed by atoms with Crippen molar-refractivity contribution in [2.45, 2.75) is 11.8 Å². The standard InChI is InChI=1S/C17H17NO4S/c1-13-9-11-16(12-10-13)23(20,21)18(3)14(2)22-17(19)15-7-5-4-6-8-15/h4-12H,2H2,1,3H3. The molecule has 0 amide bonds. The second-order valence-corrected chi connectivity index (χ2v) is 6.90. The van der Waals surface area contributed by atoms with Crippen LogP contribution in [0.25, 0.3) is 0 Å². The molecule has 0 N–H and O–H groups in total. The molecule has 0 unspecified atom stereocenters. The van der Waals surface area contributed by atoms with E-state index in [1.54, 1.807) is 42.5 Å². The molecule has 2 rings (SSSR count). The van der Waals surface area contributed by atoms with E-state index >= 15 is 0 Å². The van der Waals surface area contributed by atoms with E-state index in [0.717, 1.165) is 9.87 Å². The number of rotatable bonds is 5. The van der Waals surface area contributed by atoms with Gasteiger partial charge in [-0.1, -0.05) is 35.9 Å². The SMILES string of the molecule is C=C(OC(=O)c1ccccc1)N(C)S(=O)(=O)c1ccc(C)cc1. The predicted molar refractivity (Wildman–Crippen MR) is 87.1 cm³/mol. The number of nitrogens with zero attached hydrogens (tertiary/aromatic N) is 1. The molecule has 23 heavy (non-hydrogen) atoms. The van der Waals surface area contributed by atoms with Crippen LogP contribution in [0.2, 0.25) is 0 Å². The van der Waals surface area contributed by atoms with Crippen molar-refractivity contribution in [3.8, 4) is 0 Å². The zero-order chi connectivity index (χ0) is 17.0. The van der Waals surface area contributed by atoms with Crippen LogP contribution in [0, 0.1) is 6.92 Å². The van der Waals surface area contributed by atoms with Gasteiger partial charge in [0.1, 0.15) is 0 Å². The van der Waals surface area contributed by atoms with Crippen molar-refractivity contribution in [1.29, 1.82) is 0 Å². The quantitative estimate of drug-likeness (QED) is 0.624. The fourth-order valence-corrected chi connectivity index (χ4v) is 2.91. The van der Waals surface area contributed by atoms with Crippen molar-refractivity contribution < 1.29 is 17.9 Å². The van der Waals surface area contributed by atoms with Gasteiger partial charge in [0.25, 0.3) is 10.0 Å². The van der Waals surface area contributed by atoms with E-state index in [-0.39, 0.29) is 10.8 Å². The molecule has 0 saturated carbocycles. The molecule has 2 aromatic carbocycles. The number of aryl methyl sites for hydroxylation is 1. The Kier molecular flexibility index (Phi) is 4.86. The molecule has 0 radical (unpaired) electrons. The molecule has 2 aromatic rings. The maximum atomic E-state index is 12.5. The lowest BCUT2D eigenvalue weighted by Gasteiger charge is -2.20. The summed E-state index contributed by atoms with van der Waals surface area (Å²) in [7, 11) is -2.54. The number of esters is 1. The molecule has 0 aromatic heterocycles. The molecule has 5 nitrogen and oxygen atoms in total. The van der Waals surface area contributed by atoms with Crippen molar-refractivity contribution in [3.63, 3.8) is 0 Å². The Morgan fingerprint density at radius 2 is 1.61 bits per heavy atom. The maximum absolute atomic E-state index is 12.5. The zero-order valence-electron chi connectivity index (χ0n) is 12.9. The van der Waals surface area contributed by atoms with Crippen LogP contribution >= 0.6 is 0 Å². The van der Waals surface area contributed by atoms with E-state index in [9.17, 15) is 13.2 Å². The van der Waals surface area contributed by atoms with Crippen LogP contribution in [0.3, 0.4) is 0 Å². The van der Waals surface area contributed by atoms with Crippen molar-refractivity contribution in [1.82, 2.24) is 4.31 Å². The van der Waals surface area contributed by atoms with Gasteiger partial charge in [0.05, 0.1) is 10.5 Å². The Hall–Kier alpha value is -2.60. The van der Waals surface area contributed by atoms with Crippen LogP contribution in [-0.4, -0.2) is 25.7 Å². The molecule has 0 bridgehead atoms. The number of benzene rings is 2. The fourth-order valence-electron chi connectivity index (χ4n) is 1.81. The van der Waals surface area contributed by atoms with Crippen LogP contribution in [0.15, 0.2) is 72.0 Å². The second kappa shape index (κ2) is 6.66. The molecule has 0 heterocycles. The minimum atomic E-state index is -3.83. The summed E-state index contributed by atoms with van der Waals surface area (Å²) in [5.74, 6) is -0.930. The Morgan fingerprint density at radius 1 is 1.04 bits per heavy atom. The zero-order valence-corrected chi connectivity index (χ0v) is 13.7. The maximum Gasteiger partial charge on any atom is 0.344 e. The highest BCUT2D eigenvalue weighted by atomic mass is 32.2. The number of hydrogen-bond acceptors (Lipinski definition) is 4. The third-order valence-electron chi connectivity index (χ3n) is 3.25. The summed E-state index contributed by atoms with van der Waals surface area (Å²) < 4.78 is 30.8. The van der Waals surface area contributed by atoms with Crippen LogP contribution in [0.1, 0.15) is 15.9 Å². The average molecular weight is 331 g/mol. The van der Waals surface area contributed by atoms with Crippen molar-refractivity contribution >= 4 is 16.0 Å². The number of carbonyl (C=O) groups is 1. The molecule has 0 fully saturated rings. The lowest BCUT2D eigenvalue weighted by atomic mass is 10.2. The summed E-state index contributed by atoms with van der Waals surface area (Å²) in [5.41, 5.74) is 1.26. The van der Waals surface area contributed by atoms with E-state index in [1.807, 2.05) is 6.92 Å². The van der Waals surface area contributed by atoms with Crippen LogP contribution in [0.4, 0.5) is 0 Å². The van der Waals surface area contributed by atoms with Gasteiger partial charge in [-0.05, 0) is 37.8 Å². The second-order valence-electron chi connectivity index (χ2n) is 4.93. The van der Waals surface area contributed by atoms with E-state index in [1.165, 1.54) is 19.2 Å². The molecule has 0 aliphatic heterocycles. The van der Waals surface area contributed by atoms with E-state index in [0.29, 0.717) is 5.56 Å². The van der Waals surface area contributed by atoms with Crippen molar-refractivity contribution in [3.05, 3.63) is 78.2 Å². The Labute approximate surface area is 135 Å². The first-order valence-electron chi connectivity index (χ1n) is 6.84. The molecular formula is C17H17NO4S. The van der Waals surface area contributed by atoms with Crippen LogP contribution in [-0.2, 0) is 14.8 Å². The molecule has 6 heteroatoms. The topological polar surface area (TPSA) is 63.7 Å². The minimum Gasteiger partial charge on any atom is -0.406 e. The van der Waals surface area contributed by atoms with Gasteiger partial charge in [0, 0.05) is 7.05 Å². The summed E-state index contributed by atoms with van der Waals surface area (Å²) in [5, 5.41) is 0. The monoisotopic (exact) mass is 331 g/mol. The van der Waals surface area contributed by atoms with Crippen molar-refractivity contribution in [2.75, 3.05) is 7.05 Å². The van der Waals surface area contributed by atoms with E-state index < -0.39 is 16.0 Å². The van der Waals surface area contributed by atoms with Gasteiger partial charge in [-0.25, -0.2) is 17.5 Å². The van der Waals surface area contributed by atoms with E-state index in [4.69, 9.17) is 4.74 Å².